The van der Waals surface area contributed by atoms with Gasteiger partial charge < -0.3 is 10.1 Å². The Morgan fingerprint density at radius 1 is 1.19 bits per heavy atom. The van der Waals surface area contributed by atoms with E-state index in [1.54, 1.807) is 24.3 Å². The van der Waals surface area contributed by atoms with Gasteiger partial charge in [-0.3, -0.25) is 9.59 Å². The molecule has 1 fully saturated rings. The molecule has 0 saturated heterocycles. The van der Waals surface area contributed by atoms with Crippen molar-refractivity contribution in [3.05, 3.63) is 35.4 Å². The van der Waals surface area contributed by atoms with Crippen LogP contribution >= 0.6 is 0 Å². The lowest BCUT2D eigenvalue weighted by Crippen LogP contribution is -2.38. The summed E-state index contributed by atoms with van der Waals surface area (Å²) in [4.78, 5) is 34.0. The molecular weight excluding hydrogens is 274 g/mol. The summed E-state index contributed by atoms with van der Waals surface area (Å²) in [6.45, 7) is 0. The molecule has 0 aliphatic heterocycles. The van der Waals surface area contributed by atoms with Gasteiger partial charge in [0, 0.05) is 6.04 Å². The van der Waals surface area contributed by atoms with Crippen LogP contribution in [0.3, 0.4) is 0 Å². The minimum absolute atomic E-state index is 0.123. The fourth-order valence-corrected chi connectivity index (χ4v) is 1.52. The molecule has 7 heteroatoms. The van der Waals surface area contributed by atoms with Crippen molar-refractivity contribution in [3.8, 4) is 0 Å². The number of hydrazone groups is 1. The number of rotatable bonds is 4. The Morgan fingerprint density at radius 3 is 2.43 bits per heavy atom. The number of hydrogen-bond acceptors (Lipinski definition) is 5. The minimum atomic E-state index is -0.802. The van der Waals surface area contributed by atoms with E-state index in [9.17, 15) is 14.4 Å². The van der Waals surface area contributed by atoms with Gasteiger partial charge in [-0.1, -0.05) is 12.1 Å². The number of ether oxygens (including phenoxy) is 1. The fraction of sp³-hybridized carbons (Fsp3) is 0.286. The molecule has 0 aromatic heterocycles. The van der Waals surface area contributed by atoms with Gasteiger partial charge in [0.25, 0.3) is 0 Å². The summed E-state index contributed by atoms with van der Waals surface area (Å²) in [6, 6.07) is 6.57. The van der Waals surface area contributed by atoms with Gasteiger partial charge in [-0.15, -0.1) is 0 Å². The van der Waals surface area contributed by atoms with Gasteiger partial charge >= 0.3 is 17.8 Å². The Morgan fingerprint density at radius 2 is 1.86 bits per heavy atom. The number of carbonyl (C=O) groups excluding carboxylic acids is 3. The molecule has 2 N–H and O–H groups in total. The molecule has 1 aliphatic carbocycles. The van der Waals surface area contributed by atoms with E-state index in [2.05, 4.69) is 20.6 Å². The third kappa shape index (κ3) is 4.41. The van der Waals surface area contributed by atoms with E-state index in [1.807, 2.05) is 0 Å². The molecule has 110 valence electrons. The number of esters is 1. The maximum atomic E-state index is 11.4. The van der Waals surface area contributed by atoms with Crippen LogP contribution in [0.15, 0.2) is 29.4 Å². The standard InChI is InChI=1S/C14H15N3O4/c1-21-14(20)10-4-2-9(3-5-10)8-15-17-13(19)12(18)16-11-6-7-11/h2-5,8,11H,6-7H2,1H3,(H,16,18)(H,17,19)/b15-8+. The van der Waals surface area contributed by atoms with Crippen molar-refractivity contribution in [2.24, 2.45) is 5.10 Å². The molecule has 0 spiro atoms. The first kappa shape index (κ1) is 14.7. The second-order valence-electron chi connectivity index (χ2n) is 4.56. The van der Waals surface area contributed by atoms with Crippen molar-refractivity contribution >= 4 is 24.0 Å². The predicted octanol–water partition coefficient (Wildman–Crippen LogP) is 0.202. The number of hydrogen-bond donors (Lipinski definition) is 2. The van der Waals surface area contributed by atoms with E-state index in [-0.39, 0.29) is 6.04 Å². The summed E-state index contributed by atoms with van der Waals surface area (Å²) in [5.41, 5.74) is 3.23. The predicted molar refractivity (Wildman–Crippen MR) is 74.7 cm³/mol. The first-order valence-corrected chi connectivity index (χ1v) is 6.42. The molecule has 0 bridgehead atoms. The number of nitrogens with one attached hydrogen (secondary N) is 2. The van der Waals surface area contributed by atoms with Crippen LogP contribution in [0.25, 0.3) is 0 Å². The highest BCUT2D eigenvalue weighted by Gasteiger charge is 2.26. The van der Waals surface area contributed by atoms with Crippen LogP contribution in [-0.4, -0.2) is 37.1 Å². The zero-order valence-electron chi connectivity index (χ0n) is 11.5. The van der Waals surface area contributed by atoms with Crippen molar-refractivity contribution in [2.45, 2.75) is 18.9 Å². The normalized spacial score (nSPS) is 13.8. The van der Waals surface area contributed by atoms with Crippen molar-refractivity contribution in [1.29, 1.82) is 0 Å². The molecule has 0 atom stereocenters. The Hall–Kier alpha value is -2.70. The number of nitrogens with zero attached hydrogens (tertiary/aromatic N) is 1. The lowest BCUT2D eigenvalue weighted by molar-refractivity contribution is -0.139. The van der Waals surface area contributed by atoms with Gasteiger partial charge in [-0.2, -0.15) is 5.10 Å². The maximum Gasteiger partial charge on any atom is 0.337 e. The van der Waals surface area contributed by atoms with Crippen molar-refractivity contribution in [3.63, 3.8) is 0 Å². The van der Waals surface area contributed by atoms with E-state index < -0.39 is 17.8 Å². The van der Waals surface area contributed by atoms with Crippen LogP contribution in [0.4, 0.5) is 0 Å². The third-order valence-electron chi connectivity index (χ3n) is 2.83. The Kier molecular flexibility index (Phi) is 4.65. The summed E-state index contributed by atoms with van der Waals surface area (Å²) in [5.74, 6) is -1.91. The van der Waals surface area contributed by atoms with Crippen LogP contribution in [0, 0.1) is 0 Å². The highest BCUT2D eigenvalue weighted by atomic mass is 16.5. The van der Waals surface area contributed by atoms with Gasteiger partial charge in [0.1, 0.15) is 0 Å². The summed E-state index contributed by atoms with van der Waals surface area (Å²) >= 11 is 0. The molecule has 2 rings (SSSR count). The molecule has 1 aliphatic rings. The lowest BCUT2D eigenvalue weighted by atomic mass is 10.1. The van der Waals surface area contributed by atoms with E-state index >= 15 is 0 Å². The second kappa shape index (κ2) is 6.65. The average Bonchev–Trinajstić information content (AvgIpc) is 3.31. The largest absolute Gasteiger partial charge is 0.465 e. The Balaban J connectivity index is 1.84. The quantitative estimate of drug-likeness (QED) is 0.358. The number of benzene rings is 1. The third-order valence-corrected chi connectivity index (χ3v) is 2.83. The van der Waals surface area contributed by atoms with Gasteiger partial charge in [0.2, 0.25) is 0 Å². The van der Waals surface area contributed by atoms with E-state index in [0.29, 0.717) is 11.1 Å². The van der Waals surface area contributed by atoms with Crippen LogP contribution in [0.5, 0.6) is 0 Å². The monoisotopic (exact) mass is 289 g/mol. The first-order chi connectivity index (χ1) is 10.1. The topological polar surface area (TPSA) is 96.9 Å². The molecule has 2 amide bonds. The molecule has 1 aromatic carbocycles. The molecule has 7 nitrogen and oxygen atoms in total. The van der Waals surface area contributed by atoms with Crippen LogP contribution in [0.1, 0.15) is 28.8 Å². The Labute approximate surface area is 121 Å². The van der Waals surface area contributed by atoms with Crippen molar-refractivity contribution < 1.29 is 19.1 Å². The minimum Gasteiger partial charge on any atom is -0.465 e. The number of methoxy groups -OCH3 is 1. The average molecular weight is 289 g/mol. The van der Waals surface area contributed by atoms with Gasteiger partial charge in [-0.25, -0.2) is 10.2 Å². The van der Waals surface area contributed by atoms with E-state index in [1.165, 1.54) is 13.3 Å². The summed E-state index contributed by atoms with van der Waals surface area (Å²) in [7, 11) is 1.31. The van der Waals surface area contributed by atoms with Gasteiger partial charge in [-0.05, 0) is 30.5 Å². The van der Waals surface area contributed by atoms with Crippen molar-refractivity contribution in [2.75, 3.05) is 7.11 Å². The van der Waals surface area contributed by atoms with Gasteiger partial charge in [0.15, 0.2) is 0 Å². The summed E-state index contributed by atoms with van der Waals surface area (Å²) in [5, 5.41) is 6.24. The summed E-state index contributed by atoms with van der Waals surface area (Å²) < 4.78 is 4.58. The number of carbonyl (C=O) groups is 3. The van der Waals surface area contributed by atoms with Crippen LogP contribution in [0.2, 0.25) is 0 Å². The molecule has 1 saturated carbocycles. The van der Waals surface area contributed by atoms with Crippen LogP contribution in [-0.2, 0) is 14.3 Å². The SMILES string of the molecule is COC(=O)c1ccc(/C=N/NC(=O)C(=O)NC2CC2)cc1. The smallest absolute Gasteiger partial charge is 0.337 e. The highest BCUT2D eigenvalue weighted by molar-refractivity contribution is 6.35. The zero-order chi connectivity index (χ0) is 15.2. The Bertz CT molecular complexity index is 576. The molecule has 0 radical (unpaired) electrons. The molecule has 0 unspecified atom stereocenters. The maximum absolute atomic E-state index is 11.4. The molecule has 0 heterocycles. The van der Waals surface area contributed by atoms with E-state index in [0.717, 1.165) is 12.8 Å². The van der Waals surface area contributed by atoms with Crippen LogP contribution < -0.4 is 10.7 Å². The molecule has 1 aromatic rings. The summed E-state index contributed by atoms with van der Waals surface area (Å²) in [6.07, 6.45) is 3.20. The fourth-order valence-electron chi connectivity index (χ4n) is 1.52. The molecular formula is C14H15N3O4. The lowest BCUT2D eigenvalue weighted by Gasteiger charge is -2.01. The molecule has 21 heavy (non-hydrogen) atoms. The second-order valence-corrected chi connectivity index (χ2v) is 4.56. The zero-order valence-corrected chi connectivity index (χ0v) is 11.5. The van der Waals surface area contributed by atoms with Crippen molar-refractivity contribution in [1.82, 2.24) is 10.7 Å². The van der Waals surface area contributed by atoms with Gasteiger partial charge in [0.05, 0.1) is 18.9 Å². The van der Waals surface area contributed by atoms with E-state index in [4.69, 9.17) is 0 Å². The first-order valence-electron chi connectivity index (χ1n) is 6.42. The number of amides is 2. The highest BCUT2D eigenvalue weighted by Crippen LogP contribution is 2.18.